The molecule has 1 aromatic carbocycles. The Morgan fingerprint density at radius 3 is 2.68 bits per heavy atom. The number of nitrogens with one attached hydrogen (secondary N) is 2. The minimum atomic E-state index is -0.549. The molecule has 0 radical (unpaired) electrons. The van der Waals surface area contributed by atoms with E-state index in [0.29, 0.717) is 11.7 Å². The lowest BCUT2D eigenvalue weighted by Crippen LogP contribution is -2.52. The van der Waals surface area contributed by atoms with Crippen LogP contribution in [0.4, 0.5) is 4.79 Å². The zero-order valence-corrected chi connectivity index (χ0v) is 15.3. The molecule has 0 spiro atoms. The van der Waals surface area contributed by atoms with Crippen LogP contribution in [0.1, 0.15) is 49.6 Å². The normalized spacial score (nSPS) is 23.3. The van der Waals surface area contributed by atoms with Crippen LogP contribution in [0, 0.1) is 19.8 Å². The third kappa shape index (κ3) is 3.23. The van der Waals surface area contributed by atoms with E-state index in [1.165, 1.54) is 5.56 Å². The van der Waals surface area contributed by atoms with Gasteiger partial charge in [-0.15, -0.1) is 5.10 Å². The van der Waals surface area contributed by atoms with Crippen molar-refractivity contribution >= 4 is 6.03 Å². The molecule has 0 unspecified atom stereocenters. The molecule has 1 aliphatic rings. The van der Waals surface area contributed by atoms with Crippen molar-refractivity contribution < 1.29 is 4.79 Å². The van der Waals surface area contributed by atoms with Crippen molar-refractivity contribution in [3.05, 3.63) is 35.2 Å². The highest BCUT2D eigenvalue weighted by Gasteiger charge is 2.42. The molecule has 2 N–H and O–H groups in total. The Hall–Kier alpha value is -2.44. The number of carbonyl (C=O) groups is 1. The van der Waals surface area contributed by atoms with Gasteiger partial charge in [0.1, 0.15) is 5.54 Å². The van der Waals surface area contributed by atoms with E-state index in [4.69, 9.17) is 0 Å². The lowest BCUT2D eigenvalue weighted by molar-refractivity contribution is 0.177. The summed E-state index contributed by atoms with van der Waals surface area (Å²) in [6, 6.07) is 5.89. The summed E-state index contributed by atoms with van der Waals surface area (Å²) in [7, 11) is 1.63. The fraction of sp³-hybridized carbons (Fsp3) is 0.556. The van der Waals surface area contributed by atoms with Crippen molar-refractivity contribution in [2.45, 2.75) is 52.0 Å². The SMILES string of the molecule is CNC(=O)NC1(c2nnnn2-c2cccc(C)c2C)CCC(C)CC1. The van der Waals surface area contributed by atoms with Crippen LogP contribution < -0.4 is 10.6 Å². The molecule has 2 aromatic rings. The minimum absolute atomic E-state index is 0.204. The molecule has 0 saturated heterocycles. The topological polar surface area (TPSA) is 84.7 Å². The summed E-state index contributed by atoms with van der Waals surface area (Å²) < 4.78 is 1.79. The van der Waals surface area contributed by atoms with Gasteiger partial charge in [-0.2, -0.15) is 4.68 Å². The number of aromatic nitrogens is 4. The van der Waals surface area contributed by atoms with E-state index in [2.05, 4.69) is 53.0 Å². The molecular weight excluding hydrogens is 316 g/mol. The van der Waals surface area contributed by atoms with Crippen LogP contribution in [0.25, 0.3) is 5.69 Å². The minimum Gasteiger partial charge on any atom is -0.341 e. The zero-order valence-electron chi connectivity index (χ0n) is 15.3. The van der Waals surface area contributed by atoms with Gasteiger partial charge in [-0.1, -0.05) is 19.1 Å². The average Bonchev–Trinajstić information content (AvgIpc) is 3.09. The zero-order chi connectivity index (χ0) is 18.0. The smallest absolute Gasteiger partial charge is 0.315 e. The number of aryl methyl sites for hydroxylation is 1. The summed E-state index contributed by atoms with van der Waals surface area (Å²) in [5.74, 6) is 1.35. The van der Waals surface area contributed by atoms with Crippen molar-refractivity contribution in [1.82, 2.24) is 30.8 Å². The molecule has 7 heteroatoms. The summed E-state index contributed by atoms with van der Waals surface area (Å²) in [5, 5.41) is 18.3. The van der Waals surface area contributed by atoms with Crippen LogP contribution in [0.2, 0.25) is 0 Å². The van der Waals surface area contributed by atoms with Crippen LogP contribution >= 0.6 is 0 Å². The van der Waals surface area contributed by atoms with Gasteiger partial charge in [0.2, 0.25) is 0 Å². The Balaban J connectivity index is 2.08. The van der Waals surface area contributed by atoms with Crippen molar-refractivity contribution in [1.29, 1.82) is 0 Å². The summed E-state index contributed by atoms with van der Waals surface area (Å²) in [6.07, 6.45) is 3.72. The second kappa shape index (κ2) is 6.82. The van der Waals surface area contributed by atoms with Crippen LogP contribution in [0.5, 0.6) is 0 Å². The first-order chi connectivity index (χ1) is 12.0. The third-order valence-electron chi connectivity index (χ3n) is 5.41. The van der Waals surface area contributed by atoms with Crippen LogP contribution in [-0.2, 0) is 5.54 Å². The molecule has 2 amide bonds. The van der Waals surface area contributed by atoms with Crippen molar-refractivity contribution in [3.63, 3.8) is 0 Å². The molecule has 1 fully saturated rings. The number of nitrogens with zero attached hydrogens (tertiary/aromatic N) is 4. The number of hydrogen-bond donors (Lipinski definition) is 2. The van der Waals surface area contributed by atoms with Gasteiger partial charge in [-0.3, -0.25) is 0 Å². The van der Waals surface area contributed by atoms with Crippen molar-refractivity contribution in [2.24, 2.45) is 5.92 Å². The number of hydrogen-bond acceptors (Lipinski definition) is 4. The first-order valence-electron chi connectivity index (χ1n) is 8.82. The fourth-order valence-electron chi connectivity index (χ4n) is 3.55. The number of amides is 2. The Kier molecular flexibility index (Phi) is 4.74. The third-order valence-corrected chi connectivity index (χ3v) is 5.41. The van der Waals surface area contributed by atoms with Crippen molar-refractivity contribution in [2.75, 3.05) is 7.05 Å². The molecule has 1 saturated carbocycles. The molecule has 134 valence electrons. The number of rotatable bonds is 3. The molecule has 3 rings (SSSR count). The van der Waals surface area contributed by atoms with Gasteiger partial charge >= 0.3 is 6.03 Å². The lowest BCUT2D eigenvalue weighted by Gasteiger charge is -2.38. The number of carbonyl (C=O) groups excluding carboxylic acids is 1. The number of tetrazole rings is 1. The largest absolute Gasteiger partial charge is 0.341 e. The highest BCUT2D eigenvalue weighted by molar-refractivity contribution is 5.74. The predicted molar refractivity (Wildman–Crippen MR) is 95.5 cm³/mol. The molecule has 1 aromatic heterocycles. The number of urea groups is 1. The van der Waals surface area contributed by atoms with Gasteiger partial charge in [-0.05, 0) is 73.1 Å². The van der Waals surface area contributed by atoms with E-state index < -0.39 is 5.54 Å². The number of benzene rings is 1. The Bertz CT molecular complexity index is 761. The molecular formula is C18H26N6O. The summed E-state index contributed by atoms with van der Waals surface area (Å²) in [6.45, 7) is 6.39. The van der Waals surface area contributed by atoms with Gasteiger partial charge in [0.25, 0.3) is 0 Å². The Morgan fingerprint density at radius 1 is 1.28 bits per heavy atom. The van der Waals surface area contributed by atoms with Gasteiger partial charge in [-0.25, -0.2) is 4.79 Å². The van der Waals surface area contributed by atoms with Crippen LogP contribution in [0.15, 0.2) is 18.2 Å². The van der Waals surface area contributed by atoms with E-state index in [1.807, 2.05) is 12.1 Å². The van der Waals surface area contributed by atoms with Crippen LogP contribution in [0.3, 0.4) is 0 Å². The standard InChI is InChI=1S/C18H26N6O/c1-12-8-10-18(11-9-12,20-17(25)19-4)16-21-22-23-24(16)15-7-5-6-13(2)14(15)3/h5-7,12H,8-11H2,1-4H3,(H2,19,20,25). The molecule has 0 atom stereocenters. The van der Waals surface area contributed by atoms with Gasteiger partial charge in [0, 0.05) is 7.05 Å². The van der Waals surface area contributed by atoms with E-state index in [-0.39, 0.29) is 6.03 Å². The molecule has 25 heavy (non-hydrogen) atoms. The average molecular weight is 342 g/mol. The first kappa shape index (κ1) is 17.4. The lowest BCUT2D eigenvalue weighted by atomic mass is 9.76. The fourth-order valence-corrected chi connectivity index (χ4v) is 3.55. The highest BCUT2D eigenvalue weighted by Crippen LogP contribution is 2.39. The predicted octanol–water partition coefficient (Wildman–Crippen LogP) is 2.61. The quantitative estimate of drug-likeness (QED) is 0.898. The van der Waals surface area contributed by atoms with Gasteiger partial charge in [0.05, 0.1) is 5.69 Å². The molecule has 0 aliphatic heterocycles. The maximum Gasteiger partial charge on any atom is 0.315 e. The van der Waals surface area contributed by atoms with Gasteiger partial charge in [0.15, 0.2) is 5.82 Å². The summed E-state index contributed by atoms with van der Waals surface area (Å²) in [4.78, 5) is 12.1. The maximum absolute atomic E-state index is 12.1. The van der Waals surface area contributed by atoms with E-state index >= 15 is 0 Å². The first-order valence-corrected chi connectivity index (χ1v) is 8.82. The Morgan fingerprint density at radius 2 is 2.00 bits per heavy atom. The monoisotopic (exact) mass is 342 g/mol. The van der Waals surface area contributed by atoms with Crippen LogP contribution in [-0.4, -0.2) is 33.3 Å². The van der Waals surface area contributed by atoms with E-state index in [0.717, 1.165) is 36.9 Å². The maximum atomic E-state index is 12.1. The molecule has 1 heterocycles. The van der Waals surface area contributed by atoms with Gasteiger partial charge < -0.3 is 10.6 Å². The second-order valence-corrected chi connectivity index (χ2v) is 7.10. The molecule has 7 nitrogen and oxygen atoms in total. The summed E-state index contributed by atoms with van der Waals surface area (Å²) >= 11 is 0. The van der Waals surface area contributed by atoms with E-state index in [1.54, 1.807) is 11.7 Å². The molecule has 1 aliphatic carbocycles. The molecule has 0 bridgehead atoms. The van der Waals surface area contributed by atoms with Crippen molar-refractivity contribution in [3.8, 4) is 5.69 Å². The highest BCUT2D eigenvalue weighted by atomic mass is 16.2. The summed E-state index contributed by atoms with van der Waals surface area (Å²) in [5.41, 5.74) is 2.73. The Labute approximate surface area is 148 Å². The van der Waals surface area contributed by atoms with E-state index in [9.17, 15) is 4.79 Å². The second-order valence-electron chi connectivity index (χ2n) is 7.10.